The normalized spacial score (nSPS) is 21.2. The lowest BCUT2D eigenvalue weighted by Crippen LogP contribution is -2.49. The van der Waals surface area contributed by atoms with Crippen LogP contribution in [0.15, 0.2) is 12.7 Å². The first-order chi connectivity index (χ1) is 11.3. The maximum atomic E-state index is 12.3. The molecule has 0 spiro atoms. The number of ether oxygens (including phenoxy) is 3. The molecule has 3 atom stereocenters. The first-order valence-corrected chi connectivity index (χ1v) is 8.66. The van der Waals surface area contributed by atoms with Crippen molar-refractivity contribution in [2.24, 2.45) is 5.92 Å². The Morgan fingerprint density at radius 3 is 2.75 bits per heavy atom. The van der Waals surface area contributed by atoms with Gasteiger partial charge in [0.1, 0.15) is 12.4 Å². The maximum absolute atomic E-state index is 12.3. The average Bonchev–Trinajstić information content (AvgIpc) is 2.52. The highest BCUT2D eigenvalue weighted by Gasteiger charge is 2.35. The van der Waals surface area contributed by atoms with E-state index in [2.05, 4.69) is 6.58 Å². The van der Waals surface area contributed by atoms with Gasteiger partial charge >= 0.3 is 6.09 Å². The molecule has 2 unspecified atom stereocenters. The minimum absolute atomic E-state index is 0.0567. The van der Waals surface area contributed by atoms with Crippen molar-refractivity contribution < 1.29 is 24.1 Å². The second-order valence-electron chi connectivity index (χ2n) is 7.30. The lowest BCUT2D eigenvalue weighted by molar-refractivity contribution is -0.141. The minimum Gasteiger partial charge on any atom is -0.444 e. The summed E-state index contributed by atoms with van der Waals surface area (Å²) >= 11 is 0. The Morgan fingerprint density at radius 1 is 1.46 bits per heavy atom. The van der Waals surface area contributed by atoms with Gasteiger partial charge in [-0.2, -0.15) is 0 Å². The number of carbonyl (C=O) groups is 1. The molecule has 6 heteroatoms. The van der Waals surface area contributed by atoms with Gasteiger partial charge in [0.25, 0.3) is 0 Å². The highest BCUT2D eigenvalue weighted by atomic mass is 16.7. The van der Waals surface area contributed by atoms with Gasteiger partial charge in [0.15, 0.2) is 0 Å². The third-order valence-corrected chi connectivity index (χ3v) is 4.00. The van der Waals surface area contributed by atoms with Gasteiger partial charge in [-0.25, -0.2) is 4.79 Å². The molecule has 1 saturated heterocycles. The molecule has 0 aromatic carbocycles. The maximum Gasteiger partial charge on any atom is 0.410 e. The lowest BCUT2D eigenvalue weighted by atomic mass is 9.88. The van der Waals surface area contributed by atoms with E-state index in [1.807, 2.05) is 20.8 Å². The van der Waals surface area contributed by atoms with Gasteiger partial charge in [-0.05, 0) is 46.5 Å². The molecule has 1 aliphatic heterocycles. The van der Waals surface area contributed by atoms with Crippen molar-refractivity contribution >= 4 is 6.09 Å². The van der Waals surface area contributed by atoms with Gasteiger partial charge in [-0.15, -0.1) is 6.58 Å². The summed E-state index contributed by atoms with van der Waals surface area (Å²) in [6.45, 7) is 10.6. The highest BCUT2D eigenvalue weighted by molar-refractivity contribution is 5.68. The molecule has 0 saturated carbocycles. The fourth-order valence-electron chi connectivity index (χ4n) is 2.93. The van der Waals surface area contributed by atoms with Gasteiger partial charge in [-0.1, -0.05) is 6.08 Å². The Kier molecular flexibility index (Phi) is 8.73. The van der Waals surface area contributed by atoms with Crippen molar-refractivity contribution in [1.29, 1.82) is 0 Å². The fraction of sp³-hybridized carbons (Fsp3) is 0.833. The summed E-state index contributed by atoms with van der Waals surface area (Å²) < 4.78 is 16.2. The number of methoxy groups -OCH3 is 1. The molecular weight excluding hydrogens is 310 g/mol. The molecule has 0 aromatic rings. The van der Waals surface area contributed by atoms with Crippen LogP contribution >= 0.6 is 0 Å². The molecule has 1 fully saturated rings. The Bertz CT molecular complexity index is 393. The summed E-state index contributed by atoms with van der Waals surface area (Å²) in [6, 6.07) is 0. The molecule has 24 heavy (non-hydrogen) atoms. The zero-order valence-corrected chi connectivity index (χ0v) is 15.5. The van der Waals surface area contributed by atoms with Crippen molar-refractivity contribution in [3.8, 4) is 0 Å². The van der Waals surface area contributed by atoms with Crippen LogP contribution in [0.2, 0.25) is 0 Å². The van der Waals surface area contributed by atoms with Crippen LogP contribution in [0.25, 0.3) is 0 Å². The molecule has 0 radical (unpaired) electrons. The lowest BCUT2D eigenvalue weighted by Gasteiger charge is -2.38. The first kappa shape index (κ1) is 20.9. The predicted octanol–water partition coefficient (Wildman–Crippen LogP) is 2.95. The van der Waals surface area contributed by atoms with E-state index in [9.17, 15) is 9.90 Å². The molecular formula is C18H33NO5. The summed E-state index contributed by atoms with van der Waals surface area (Å²) in [4.78, 5) is 14.0. The number of aliphatic hydroxyl groups excluding tert-OH is 1. The summed E-state index contributed by atoms with van der Waals surface area (Å²) in [5, 5.41) is 10.5. The van der Waals surface area contributed by atoms with Crippen molar-refractivity contribution in [3.05, 3.63) is 12.7 Å². The number of nitrogens with zero attached hydrogens (tertiary/aromatic N) is 1. The SMILES string of the molecule is C=CCCC(O)C(OCOC)[C@@H]1CCCN(C(=O)OC(C)(C)C)C1. The van der Waals surface area contributed by atoms with E-state index in [4.69, 9.17) is 14.2 Å². The monoisotopic (exact) mass is 343 g/mol. The molecule has 1 aliphatic rings. The van der Waals surface area contributed by atoms with Crippen LogP contribution in [0.3, 0.4) is 0 Å². The van der Waals surface area contributed by atoms with Crippen LogP contribution in [0.4, 0.5) is 4.79 Å². The molecule has 0 aliphatic carbocycles. The molecule has 1 N–H and O–H groups in total. The second kappa shape index (κ2) is 10.0. The van der Waals surface area contributed by atoms with Gasteiger partial charge in [0, 0.05) is 26.1 Å². The molecule has 1 amide bonds. The fourth-order valence-corrected chi connectivity index (χ4v) is 2.93. The van der Waals surface area contributed by atoms with Crippen LogP contribution < -0.4 is 0 Å². The van der Waals surface area contributed by atoms with Crippen LogP contribution in [-0.2, 0) is 14.2 Å². The van der Waals surface area contributed by atoms with E-state index in [0.29, 0.717) is 19.5 Å². The van der Waals surface area contributed by atoms with E-state index < -0.39 is 11.7 Å². The third kappa shape index (κ3) is 7.20. The smallest absolute Gasteiger partial charge is 0.410 e. The number of likely N-dealkylation sites (tertiary alicyclic amines) is 1. The quantitative estimate of drug-likeness (QED) is 0.542. The zero-order chi connectivity index (χ0) is 18.2. The number of hydrogen-bond donors (Lipinski definition) is 1. The first-order valence-electron chi connectivity index (χ1n) is 8.66. The summed E-state index contributed by atoms with van der Waals surface area (Å²) in [7, 11) is 1.56. The highest BCUT2D eigenvalue weighted by Crippen LogP contribution is 2.26. The van der Waals surface area contributed by atoms with Gasteiger partial charge in [0.05, 0.1) is 12.2 Å². The van der Waals surface area contributed by atoms with Gasteiger partial charge in [-0.3, -0.25) is 0 Å². The van der Waals surface area contributed by atoms with E-state index in [1.165, 1.54) is 0 Å². The minimum atomic E-state index is -0.610. The van der Waals surface area contributed by atoms with Crippen LogP contribution in [0, 0.1) is 5.92 Å². The standard InChI is InChI=1S/C18H33NO5/c1-6-7-10-15(20)16(23-13-22-5)14-9-8-11-19(12-14)17(21)24-18(2,3)4/h6,14-16,20H,1,7-13H2,2-5H3/t14-,15?,16?/m1/s1. The molecule has 140 valence electrons. The summed E-state index contributed by atoms with van der Waals surface area (Å²) in [5.74, 6) is 0.0567. The van der Waals surface area contributed by atoms with Crippen molar-refractivity contribution in [2.75, 3.05) is 27.0 Å². The number of carbonyl (C=O) groups excluding carboxylic acids is 1. The molecule has 0 bridgehead atoms. The topological polar surface area (TPSA) is 68.2 Å². The Morgan fingerprint density at radius 2 is 2.17 bits per heavy atom. The molecule has 1 heterocycles. The molecule has 0 aromatic heterocycles. The number of aliphatic hydroxyl groups is 1. The number of amides is 1. The van der Waals surface area contributed by atoms with Crippen molar-refractivity contribution in [2.45, 2.75) is 64.3 Å². The number of allylic oxidation sites excluding steroid dienone is 1. The predicted molar refractivity (Wildman–Crippen MR) is 92.7 cm³/mol. The Hall–Kier alpha value is -1.11. The largest absolute Gasteiger partial charge is 0.444 e. The number of rotatable bonds is 8. The van der Waals surface area contributed by atoms with E-state index in [-0.39, 0.29) is 24.9 Å². The van der Waals surface area contributed by atoms with E-state index in [1.54, 1.807) is 18.1 Å². The summed E-state index contributed by atoms with van der Waals surface area (Å²) in [6.07, 6.45) is 3.57. The van der Waals surface area contributed by atoms with Gasteiger partial charge in [0.2, 0.25) is 0 Å². The Balaban J connectivity index is 2.71. The van der Waals surface area contributed by atoms with Crippen LogP contribution in [-0.4, -0.2) is 60.9 Å². The molecule has 6 nitrogen and oxygen atoms in total. The van der Waals surface area contributed by atoms with Crippen LogP contribution in [0.1, 0.15) is 46.5 Å². The van der Waals surface area contributed by atoms with Crippen LogP contribution in [0.5, 0.6) is 0 Å². The zero-order valence-electron chi connectivity index (χ0n) is 15.5. The Labute approximate surface area is 145 Å². The van der Waals surface area contributed by atoms with Crippen molar-refractivity contribution in [3.63, 3.8) is 0 Å². The summed E-state index contributed by atoms with van der Waals surface area (Å²) in [5.41, 5.74) is -0.514. The van der Waals surface area contributed by atoms with Crippen molar-refractivity contribution in [1.82, 2.24) is 4.90 Å². The third-order valence-electron chi connectivity index (χ3n) is 4.00. The van der Waals surface area contributed by atoms with E-state index in [0.717, 1.165) is 19.3 Å². The molecule has 1 rings (SSSR count). The second-order valence-corrected chi connectivity index (χ2v) is 7.30. The average molecular weight is 343 g/mol. The van der Waals surface area contributed by atoms with E-state index >= 15 is 0 Å². The number of hydrogen-bond acceptors (Lipinski definition) is 5. The van der Waals surface area contributed by atoms with Gasteiger partial charge < -0.3 is 24.2 Å². The number of piperidine rings is 1.